The minimum absolute atomic E-state index is 0.209. The highest BCUT2D eigenvalue weighted by atomic mass is 16.3. The molecular formula is C19H22N2O3. The third-order valence-electron chi connectivity index (χ3n) is 4.48. The summed E-state index contributed by atoms with van der Waals surface area (Å²) in [5.74, 6) is 1.51. The van der Waals surface area contributed by atoms with E-state index in [9.17, 15) is 10.2 Å². The van der Waals surface area contributed by atoms with Gasteiger partial charge in [-0.3, -0.25) is 0 Å². The number of benzene rings is 1. The Kier molecular flexibility index (Phi) is 4.30. The van der Waals surface area contributed by atoms with Crippen LogP contribution in [0.2, 0.25) is 0 Å². The zero-order valence-electron chi connectivity index (χ0n) is 14.2. The van der Waals surface area contributed by atoms with E-state index in [2.05, 4.69) is 4.98 Å². The Morgan fingerprint density at radius 3 is 2.33 bits per heavy atom. The zero-order valence-corrected chi connectivity index (χ0v) is 14.2. The van der Waals surface area contributed by atoms with E-state index in [1.54, 1.807) is 17.8 Å². The number of hydrogen-bond donors (Lipinski definition) is 2. The van der Waals surface area contributed by atoms with E-state index in [1.807, 2.05) is 50.2 Å². The Morgan fingerprint density at radius 1 is 1.12 bits per heavy atom. The lowest BCUT2D eigenvalue weighted by Crippen LogP contribution is -2.38. The molecule has 2 aromatic heterocycles. The third kappa shape index (κ3) is 2.66. The molecule has 3 rings (SSSR count). The minimum atomic E-state index is -0.871. The standard InChI is InChI=1S/C19H22N2O3/c1-13-9-16(24-14(13)2)18-17(15-7-5-4-6-8-15)20-12-21(18)19(3,10-22)11-23/h4-9,12,22-23H,10-11H2,1-3H3. The number of nitrogens with zero attached hydrogens (tertiary/aromatic N) is 2. The van der Waals surface area contributed by atoms with Gasteiger partial charge in [-0.05, 0) is 32.4 Å². The summed E-state index contributed by atoms with van der Waals surface area (Å²) in [5, 5.41) is 19.6. The maximum atomic E-state index is 9.81. The van der Waals surface area contributed by atoms with Gasteiger partial charge in [-0.15, -0.1) is 0 Å². The topological polar surface area (TPSA) is 71.4 Å². The number of aryl methyl sites for hydroxylation is 2. The molecule has 0 radical (unpaired) electrons. The number of hydrogen-bond acceptors (Lipinski definition) is 4. The molecule has 5 nitrogen and oxygen atoms in total. The number of furan rings is 1. The van der Waals surface area contributed by atoms with E-state index in [0.717, 1.165) is 28.3 Å². The van der Waals surface area contributed by atoms with Gasteiger partial charge in [0.25, 0.3) is 0 Å². The van der Waals surface area contributed by atoms with Gasteiger partial charge in [0.1, 0.15) is 11.5 Å². The molecule has 2 heterocycles. The maximum absolute atomic E-state index is 9.81. The third-order valence-corrected chi connectivity index (χ3v) is 4.48. The van der Waals surface area contributed by atoms with Gasteiger partial charge in [-0.2, -0.15) is 0 Å². The van der Waals surface area contributed by atoms with Crippen molar-refractivity contribution in [3.05, 3.63) is 54.0 Å². The molecule has 3 aromatic rings. The number of aromatic nitrogens is 2. The Balaban J connectivity index is 2.27. The van der Waals surface area contributed by atoms with E-state index < -0.39 is 5.54 Å². The van der Waals surface area contributed by atoms with Crippen molar-refractivity contribution in [1.82, 2.24) is 9.55 Å². The van der Waals surface area contributed by atoms with Gasteiger partial charge >= 0.3 is 0 Å². The second-order valence-electron chi connectivity index (χ2n) is 6.34. The van der Waals surface area contributed by atoms with Crippen LogP contribution < -0.4 is 0 Å². The van der Waals surface area contributed by atoms with E-state index in [4.69, 9.17) is 4.42 Å². The SMILES string of the molecule is Cc1cc(-c2c(-c3ccccc3)ncn2C(C)(CO)CO)oc1C. The molecule has 0 aliphatic rings. The Morgan fingerprint density at radius 2 is 1.79 bits per heavy atom. The highest BCUT2D eigenvalue weighted by Crippen LogP contribution is 2.36. The van der Waals surface area contributed by atoms with Gasteiger partial charge in [0, 0.05) is 5.56 Å². The molecule has 0 aliphatic carbocycles. The molecule has 0 bridgehead atoms. The average Bonchev–Trinajstić information content (AvgIpc) is 3.19. The predicted molar refractivity (Wildman–Crippen MR) is 92.7 cm³/mol. The summed E-state index contributed by atoms with van der Waals surface area (Å²) in [6.45, 7) is 5.27. The molecule has 0 atom stereocenters. The molecule has 0 unspecified atom stereocenters. The van der Waals surface area contributed by atoms with Gasteiger partial charge < -0.3 is 19.2 Å². The summed E-state index contributed by atoms with van der Waals surface area (Å²) in [6.07, 6.45) is 1.65. The van der Waals surface area contributed by atoms with Crippen LogP contribution in [0.4, 0.5) is 0 Å². The maximum Gasteiger partial charge on any atom is 0.153 e. The number of aliphatic hydroxyl groups excluding tert-OH is 2. The fourth-order valence-corrected chi connectivity index (χ4v) is 2.69. The predicted octanol–water partition coefficient (Wildman–Crippen LogP) is 3.13. The second-order valence-corrected chi connectivity index (χ2v) is 6.34. The molecule has 0 fully saturated rings. The lowest BCUT2D eigenvalue weighted by Gasteiger charge is -2.28. The summed E-state index contributed by atoms with van der Waals surface area (Å²) >= 11 is 0. The van der Waals surface area contributed by atoms with Crippen molar-refractivity contribution in [1.29, 1.82) is 0 Å². The van der Waals surface area contributed by atoms with Crippen molar-refractivity contribution in [2.45, 2.75) is 26.3 Å². The number of aliphatic hydroxyl groups is 2. The van der Waals surface area contributed by atoms with Crippen molar-refractivity contribution in [3.63, 3.8) is 0 Å². The fourth-order valence-electron chi connectivity index (χ4n) is 2.69. The monoisotopic (exact) mass is 326 g/mol. The second kappa shape index (κ2) is 6.26. The zero-order chi connectivity index (χ0) is 17.3. The van der Waals surface area contributed by atoms with Crippen LogP contribution in [0.5, 0.6) is 0 Å². The van der Waals surface area contributed by atoms with Crippen molar-refractivity contribution in [2.75, 3.05) is 13.2 Å². The van der Waals surface area contributed by atoms with Crippen LogP contribution in [0.3, 0.4) is 0 Å². The summed E-state index contributed by atoms with van der Waals surface area (Å²) in [7, 11) is 0. The lowest BCUT2D eigenvalue weighted by atomic mass is 10.0. The molecule has 0 saturated heterocycles. The number of imidazole rings is 1. The first-order chi connectivity index (χ1) is 11.5. The van der Waals surface area contributed by atoms with Crippen LogP contribution in [0, 0.1) is 13.8 Å². The highest BCUT2D eigenvalue weighted by molar-refractivity contribution is 5.76. The largest absolute Gasteiger partial charge is 0.459 e. The normalized spacial score (nSPS) is 11.9. The first kappa shape index (κ1) is 16.5. The summed E-state index contributed by atoms with van der Waals surface area (Å²) in [4.78, 5) is 4.54. The van der Waals surface area contributed by atoms with Crippen LogP contribution in [0.25, 0.3) is 22.7 Å². The van der Waals surface area contributed by atoms with Gasteiger partial charge in [0.05, 0.1) is 30.8 Å². The first-order valence-electron chi connectivity index (χ1n) is 7.92. The van der Waals surface area contributed by atoms with Crippen LogP contribution in [0.1, 0.15) is 18.2 Å². The summed E-state index contributed by atoms with van der Waals surface area (Å²) in [6, 6.07) is 11.8. The van der Waals surface area contributed by atoms with Crippen LogP contribution in [-0.4, -0.2) is 33.0 Å². The van der Waals surface area contributed by atoms with Crippen molar-refractivity contribution >= 4 is 0 Å². The molecule has 24 heavy (non-hydrogen) atoms. The minimum Gasteiger partial charge on any atom is -0.459 e. The van der Waals surface area contributed by atoms with Crippen LogP contribution >= 0.6 is 0 Å². The molecule has 0 saturated carbocycles. The highest BCUT2D eigenvalue weighted by Gasteiger charge is 2.31. The van der Waals surface area contributed by atoms with E-state index >= 15 is 0 Å². The van der Waals surface area contributed by atoms with Crippen LogP contribution in [-0.2, 0) is 5.54 Å². The van der Waals surface area contributed by atoms with Crippen LogP contribution in [0.15, 0.2) is 47.1 Å². The molecule has 0 aliphatic heterocycles. The Hall–Kier alpha value is -2.37. The summed E-state index contributed by atoms with van der Waals surface area (Å²) in [5.41, 5.74) is 2.65. The molecule has 126 valence electrons. The quantitative estimate of drug-likeness (QED) is 0.755. The van der Waals surface area contributed by atoms with Gasteiger partial charge in [0.15, 0.2) is 5.76 Å². The van der Waals surface area contributed by atoms with Crippen molar-refractivity contribution < 1.29 is 14.6 Å². The molecule has 2 N–H and O–H groups in total. The molecule has 1 aromatic carbocycles. The fraction of sp³-hybridized carbons (Fsp3) is 0.316. The van der Waals surface area contributed by atoms with E-state index in [1.165, 1.54) is 0 Å². The Labute approximate surface area is 141 Å². The van der Waals surface area contributed by atoms with E-state index in [-0.39, 0.29) is 13.2 Å². The van der Waals surface area contributed by atoms with Gasteiger partial charge in [0.2, 0.25) is 0 Å². The molecular weight excluding hydrogens is 304 g/mol. The Bertz CT molecular complexity index is 810. The number of rotatable bonds is 5. The van der Waals surface area contributed by atoms with Crippen molar-refractivity contribution in [3.8, 4) is 22.7 Å². The smallest absolute Gasteiger partial charge is 0.153 e. The van der Waals surface area contributed by atoms with Crippen molar-refractivity contribution in [2.24, 2.45) is 0 Å². The van der Waals surface area contributed by atoms with Gasteiger partial charge in [-0.1, -0.05) is 30.3 Å². The molecule has 0 amide bonds. The molecule has 0 spiro atoms. The van der Waals surface area contributed by atoms with E-state index in [0.29, 0.717) is 5.76 Å². The molecule has 5 heteroatoms. The summed E-state index contributed by atoms with van der Waals surface area (Å²) < 4.78 is 7.72. The first-order valence-corrected chi connectivity index (χ1v) is 7.92. The van der Waals surface area contributed by atoms with Gasteiger partial charge in [-0.25, -0.2) is 4.98 Å². The average molecular weight is 326 g/mol. The lowest BCUT2D eigenvalue weighted by molar-refractivity contribution is 0.0787.